The molecule has 0 aromatic heterocycles. The molecule has 0 saturated carbocycles. The van der Waals surface area contributed by atoms with E-state index in [4.69, 9.17) is 18.9 Å². The number of hydrogen-bond donors (Lipinski definition) is 0. The van der Waals surface area contributed by atoms with Crippen molar-refractivity contribution in [1.29, 1.82) is 5.26 Å². The first-order valence-electron chi connectivity index (χ1n) is 17.5. The van der Waals surface area contributed by atoms with Crippen LogP contribution >= 0.6 is 0 Å². The Bertz CT molecular complexity index is 1970. The predicted molar refractivity (Wildman–Crippen MR) is 193 cm³/mol. The van der Waals surface area contributed by atoms with Crippen LogP contribution in [0.3, 0.4) is 0 Å². The quantitative estimate of drug-likeness (QED) is 0.289. The minimum atomic E-state index is -4.72. The van der Waals surface area contributed by atoms with Crippen LogP contribution in [0.25, 0.3) is 0 Å². The molecule has 6 rings (SSSR count). The molecule has 1 unspecified atom stereocenters. The zero-order valence-electron chi connectivity index (χ0n) is 30.2. The van der Waals surface area contributed by atoms with Gasteiger partial charge in [0.15, 0.2) is 0 Å². The van der Waals surface area contributed by atoms with Gasteiger partial charge >= 0.3 is 6.09 Å². The van der Waals surface area contributed by atoms with Crippen molar-refractivity contribution >= 4 is 27.7 Å². The van der Waals surface area contributed by atoms with Crippen LogP contribution in [-0.4, -0.2) is 107 Å². The number of piperazine rings is 1. The summed E-state index contributed by atoms with van der Waals surface area (Å²) in [7, 11) is -1.97. The molecule has 3 heterocycles. The highest BCUT2D eigenvalue weighted by Crippen LogP contribution is 2.52. The highest BCUT2D eigenvalue weighted by atomic mass is 32.2. The zero-order valence-corrected chi connectivity index (χ0v) is 31.0. The molecule has 3 aromatic carbocycles. The molecule has 13 nitrogen and oxygen atoms in total. The van der Waals surface area contributed by atoms with Gasteiger partial charge in [0.25, 0.3) is 15.9 Å². The summed E-state index contributed by atoms with van der Waals surface area (Å²) < 4.78 is 53.0. The maximum Gasteiger partial charge on any atom is 0.411 e. The lowest BCUT2D eigenvalue weighted by molar-refractivity contribution is -0.132. The fraction of sp³-hybridized carbons (Fsp3) is 0.447. The van der Waals surface area contributed by atoms with Gasteiger partial charge in [0.2, 0.25) is 5.60 Å². The molecule has 0 N–H and O–H groups in total. The maximum atomic E-state index is 15.2. The molecule has 2 amide bonds. The highest BCUT2D eigenvalue weighted by molar-refractivity contribution is 7.93. The molecular formula is C38H45N5O8S. The molecule has 0 bridgehead atoms. The van der Waals surface area contributed by atoms with Crippen LogP contribution in [0.1, 0.15) is 50.3 Å². The lowest BCUT2D eigenvalue weighted by Gasteiger charge is -2.43. The molecule has 0 radical (unpaired) electrons. The number of fused-ring (bicyclic) bond motifs is 1. The largest absolute Gasteiger partial charge is 0.497 e. The lowest BCUT2D eigenvalue weighted by atomic mass is 9.85. The molecule has 0 spiro atoms. The van der Waals surface area contributed by atoms with E-state index in [0.29, 0.717) is 35.2 Å². The molecule has 2 saturated heterocycles. The molecule has 52 heavy (non-hydrogen) atoms. The minimum absolute atomic E-state index is 0.0195. The van der Waals surface area contributed by atoms with Crippen molar-refractivity contribution in [2.45, 2.75) is 56.2 Å². The van der Waals surface area contributed by atoms with Crippen molar-refractivity contribution in [3.63, 3.8) is 0 Å². The zero-order chi connectivity index (χ0) is 37.2. The van der Waals surface area contributed by atoms with Crippen molar-refractivity contribution in [3.8, 4) is 23.3 Å². The molecular weight excluding hydrogens is 687 g/mol. The van der Waals surface area contributed by atoms with E-state index in [9.17, 15) is 18.5 Å². The average Bonchev–Trinajstić information content (AvgIpc) is 3.42. The Morgan fingerprint density at radius 2 is 1.63 bits per heavy atom. The van der Waals surface area contributed by atoms with E-state index in [1.165, 1.54) is 50.6 Å². The first-order valence-corrected chi connectivity index (χ1v) is 19.0. The maximum absolute atomic E-state index is 15.2. The summed E-state index contributed by atoms with van der Waals surface area (Å²) in [4.78, 5) is 35.7. The summed E-state index contributed by atoms with van der Waals surface area (Å²) >= 11 is 0. The monoisotopic (exact) mass is 731 g/mol. The Balaban J connectivity index is 1.41. The summed E-state index contributed by atoms with van der Waals surface area (Å²) in [6.45, 7) is 11.1. The van der Waals surface area contributed by atoms with Crippen molar-refractivity contribution < 1.29 is 37.0 Å². The third kappa shape index (κ3) is 6.53. The van der Waals surface area contributed by atoms with Crippen LogP contribution < -0.4 is 18.5 Å². The summed E-state index contributed by atoms with van der Waals surface area (Å²) in [5.41, 5.74) is -2.11. The summed E-state index contributed by atoms with van der Waals surface area (Å²) in [5, 5.41) is 9.95. The number of likely N-dealkylation sites (tertiary alicyclic amines) is 1. The number of hydrogen-bond acceptors (Lipinski definition) is 11. The molecule has 276 valence electrons. The fourth-order valence-corrected chi connectivity index (χ4v) is 9.04. The molecule has 14 heteroatoms. The number of para-hydroxylation sites is 1. The van der Waals surface area contributed by atoms with Gasteiger partial charge in [-0.15, -0.1) is 0 Å². The van der Waals surface area contributed by atoms with E-state index in [1.54, 1.807) is 36.1 Å². The number of nitriles is 1. The smallest absolute Gasteiger partial charge is 0.411 e. The number of nitrogens with zero attached hydrogens (tertiary/aromatic N) is 5. The van der Waals surface area contributed by atoms with Gasteiger partial charge in [-0.2, -0.15) is 9.57 Å². The number of benzene rings is 3. The number of methoxy groups -OCH3 is 2. The highest BCUT2D eigenvalue weighted by Gasteiger charge is 2.61. The predicted octanol–water partition coefficient (Wildman–Crippen LogP) is 4.58. The van der Waals surface area contributed by atoms with E-state index in [1.807, 2.05) is 0 Å². The van der Waals surface area contributed by atoms with Crippen molar-refractivity contribution in [3.05, 3.63) is 77.4 Å². The van der Waals surface area contributed by atoms with Crippen LogP contribution in [0.2, 0.25) is 0 Å². The number of sulfonamides is 1. The number of carbonyl (C=O) groups excluding carboxylic acids is 2. The SMILES string of the molecule is CCOc1ccccc1C1(OC(=O)N2CCC(N3CCN(C(C)C)CC3)CC2)C(=O)N(S(=O)(=O)c2ccc(OC)cc2OC)c2ccc(C#N)cc21. The normalized spacial score (nSPS) is 20.1. The Morgan fingerprint density at radius 1 is 0.923 bits per heavy atom. The number of carbonyl (C=O) groups is 2. The van der Waals surface area contributed by atoms with Gasteiger partial charge in [0.05, 0.1) is 43.7 Å². The van der Waals surface area contributed by atoms with Crippen molar-refractivity contribution in [2.75, 3.05) is 64.4 Å². The lowest BCUT2D eigenvalue weighted by Crippen LogP contribution is -2.55. The van der Waals surface area contributed by atoms with Gasteiger partial charge in [0.1, 0.15) is 22.1 Å². The van der Waals surface area contributed by atoms with Crippen LogP contribution in [0, 0.1) is 11.3 Å². The second-order valence-corrected chi connectivity index (χ2v) is 15.1. The van der Waals surface area contributed by atoms with E-state index in [2.05, 4.69) is 29.7 Å². The number of ether oxygens (including phenoxy) is 4. The molecule has 2 fully saturated rings. The first-order chi connectivity index (χ1) is 25.0. The number of anilines is 1. The molecule has 3 aliphatic heterocycles. The van der Waals surface area contributed by atoms with E-state index in [0.717, 1.165) is 39.0 Å². The summed E-state index contributed by atoms with van der Waals surface area (Å²) in [5.74, 6) is -0.549. The van der Waals surface area contributed by atoms with Crippen molar-refractivity contribution in [1.82, 2.24) is 14.7 Å². The Labute approximate surface area is 305 Å². The Morgan fingerprint density at radius 3 is 2.27 bits per heavy atom. The van der Waals surface area contributed by atoms with Gasteiger partial charge in [0, 0.05) is 63.0 Å². The van der Waals surface area contributed by atoms with Gasteiger partial charge in [-0.1, -0.05) is 18.2 Å². The van der Waals surface area contributed by atoms with Gasteiger partial charge < -0.3 is 23.8 Å². The van der Waals surface area contributed by atoms with Gasteiger partial charge in [-0.05, 0) is 70.0 Å². The molecule has 3 aromatic rings. The summed E-state index contributed by atoms with van der Waals surface area (Å²) in [6.07, 6.45) is 0.665. The van der Waals surface area contributed by atoms with Gasteiger partial charge in [-0.25, -0.2) is 13.2 Å². The Hall–Kier alpha value is -4.84. The van der Waals surface area contributed by atoms with Gasteiger partial charge in [-0.3, -0.25) is 14.6 Å². The van der Waals surface area contributed by atoms with Crippen LogP contribution in [-0.2, 0) is 25.2 Å². The Kier molecular flexibility index (Phi) is 10.7. The van der Waals surface area contributed by atoms with E-state index < -0.39 is 27.6 Å². The molecule has 1 atom stereocenters. The second kappa shape index (κ2) is 15.0. The number of piperidine rings is 1. The van der Waals surface area contributed by atoms with Crippen LogP contribution in [0.4, 0.5) is 10.5 Å². The second-order valence-electron chi connectivity index (χ2n) is 13.3. The first kappa shape index (κ1) is 36.9. The van der Waals surface area contributed by atoms with Crippen LogP contribution in [0.15, 0.2) is 65.6 Å². The third-order valence-electron chi connectivity index (χ3n) is 10.2. The van der Waals surface area contributed by atoms with E-state index >= 15 is 4.79 Å². The van der Waals surface area contributed by atoms with Crippen LogP contribution in [0.5, 0.6) is 17.2 Å². The number of amides is 2. The topological polar surface area (TPSA) is 142 Å². The van der Waals surface area contributed by atoms with Crippen molar-refractivity contribution in [2.24, 2.45) is 0 Å². The molecule has 3 aliphatic rings. The third-order valence-corrected chi connectivity index (χ3v) is 12.0. The van der Waals surface area contributed by atoms with E-state index in [-0.39, 0.29) is 45.4 Å². The number of rotatable bonds is 10. The fourth-order valence-electron chi connectivity index (χ4n) is 7.44. The standard InChI is InChI=1S/C38H45N5O8S/c1-6-50-33-10-8-7-9-30(33)38(51-37(45)42-17-15-28(16-18-42)41-21-19-40(20-22-41)26(2)3)31-23-27(25-39)11-13-32(31)43(36(38)44)52(46,47)35-14-12-29(48-4)24-34(35)49-5/h7-14,23-24,26,28H,6,15-22H2,1-5H3. The average molecular weight is 732 g/mol. The summed E-state index contributed by atoms with van der Waals surface area (Å²) in [6, 6.07) is 17.8. The minimum Gasteiger partial charge on any atom is -0.497 e. The molecule has 0 aliphatic carbocycles.